The number of halogens is 2. The van der Waals surface area contributed by atoms with E-state index in [1.807, 2.05) is 30.3 Å². The summed E-state index contributed by atoms with van der Waals surface area (Å²) < 4.78 is 35.0. The molecule has 2 aromatic rings. The lowest BCUT2D eigenvalue weighted by Crippen LogP contribution is -2.57. The smallest absolute Gasteiger partial charge is 0.220 e. The number of fused-ring (bicyclic) bond motifs is 2. The standard InChI is InChI=1S/C24H24F2N2O2/c1-16(29)28-14-17(19-12-18(25)6-7-21(19)26)13-24(28)15-23(8-10-27-11-9-23)30-22-5-3-2-4-20(22)24/h2-7,12-13,27H,8-11,14-15H2,1H3. The summed E-state index contributed by atoms with van der Waals surface area (Å²) in [5.74, 6) is -0.321. The number of benzene rings is 2. The molecule has 5 rings (SSSR count). The van der Waals surface area contributed by atoms with Gasteiger partial charge in [0.25, 0.3) is 0 Å². The zero-order valence-electron chi connectivity index (χ0n) is 16.9. The Bertz CT molecular complexity index is 1050. The Labute approximate surface area is 174 Å². The Balaban J connectivity index is 1.71. The minimum Gasteiger partial charge on any atom is -0.487 e. The highest BCUT2D eigenvalue weighted by atomic mass is 19.1. The number of carbonyl (C=O) groups is 1. The molecule has 3 aliphatic heterocycles. The molecular formula is C24H24F2N2O2. The van der Waals surface area contributed by atoms with E-state index in [9.17, 15) is 13.6 Å². The van der Waals surface area contributed by atoms with Crippen LogP contribution < -0.4 is 10.1 Å². The van der Waals surface area contributed by atoms with Crippen LogP contribution in [-0.4, -0.2) is 36.0 Å². The first-order chi connectivity index (χ1) is 14.4. The number of hydrogen-bond acceptors (Lipinski definition) is 3. The molecule has 0 aliphatic carbocycles. The minimum absolute atomic E-state index is 0.0983. The van der Waals surface area contributed by atoms with Crippen molar-refractivity contribution in [3.8, 4) is 5.75 Å². The highest BCUT2D eigenvalue weighted by Gasteiger charge is 2.54. The van der Waals surface area contributed by atoms with Gasteiger partial charge in [-0.3, -0.25) is 4.79 Å². The van der Waals surface area contributed by atoms with Crippen LogP contribution in [0.1, 0.15) is 37.3 Å². The van der Waals surface area contributed by atoms with Crippen LogP contribution in [0.5, 0.6) is 5.75 Å². The Morgan fingerprint density at radius 1 is 1.13 bits per heavy atom. The highest BCUT2D eigenvalue weighted by Crippen LogP contribution is 2.54. The summed E-state index contributed by atoms with van der Waals surface area (Å²) in [4.78, 5) is 14.6. The Kier molecular flexibility index (Phi) is 4.43. The molecule has 1 N–H and O–H groups in total. The molecule has 0 bridgehead atoms. The fourth-order valence-corrected chi connectivity index (χ4v) is 5.32. The van der Waals surface area contributed by atoms with E-state index in [1.165, 1.54) is 13.0 Å². The molecule has 1 amide bonds. The lowest BCUT2D eigenvalue weighted by atomic mass is 9.72. The third kappa shape index (κ3) is 2.93. The van der Waals surface area contributed by atoms with Gasteiger partial charge in [0.05, 0.1) is 5.54 Å². The zero-order chi connectivity index (χ0) is 20.9. The van der Waals surface area contributed by atoms with Gasteiger partial charge < -0.3 is 15.0 Å². The van der Waals surface area contributed by atoms with Crippen LogP contribution in [-0.2, 0) is 10.3 Å². The summed E-state index contributed by atoms with van der Waals surface area (Å²) in [6.07, 6.45) is 4.22. The SMILES string of the molecule is CC(=O)N1CC(c2cc(F)ccc2F)=CC12CC1(CCNCC1)Oc1ccccc12. The van der Waals surface area contributed by atoms with Gasteiger partial charge in [-0.1, -0.05) is 18.2 Å². The summed E-state index contributed by atoms with van der Waals surface area (Å²) >= 11 is 0. The second-order valence-electron chi connectivity index (χ2n) is 8.53. The Hall–Kier alpha value is -2.73. The number of amides is 1. The molecule has 3 heterocycles. The average molecular weight is 410 g/mol. The minimum atomic E-state index is -0.744. The number of ether oxygens (including phenoxy) is 1. The largest absolute Gasteiger partial charge is 0.487 e. The molecule has 156 valence electrons. The molecule has 2 aromatic carbocycles. The van der Waals surface area contributed by atoms with E-state index < -0.39 is 22.8 Å². The molecule has 1 saturated heterocycles. The summed E-state index contributed by atoms with van der Waals surface area (Å²) in [6, 6.07) is 11.2. The van der Waals surface area contributed by atoms with Gasteiger partial charge in [0.15, 0.2) is 0 Å². The number of carbonyl (C=O) groups excluding carboxylic acids is 1. The summed E-state index contributed by atoms with van der Waals surface area (Å²) in [6.45, 7) is 3.45. The number of hydrogen-bond donors (Lipinski definition) is 1. The maximum Gasteiger partial charge on any atom is 0.220 e. The van der Waals surface area contributed by atoms with Crippen LogP contribution in [0.2, 0.25) is 0 Å². The van der Waals surface area contributed by atoms with Gasteiger partial charge in [-0.25, -0.2) is 8.78 Å². The lowest BCUT2D eigenvalue weighted by Gasteiger charge is -2.51. The lowest BCUT2D eigenvalue weighted by molar-refractivity contribution is -0.136. The third-order valence-corrected chi connectivity index (χ3v) is 6.66. The van der Waals surface area contributed by atoms with Crippen LogP contribution in [0.15, 0.2) is 48.5 Å². The van der Waals surface area contributed by atoms with E-state index in [1.54, 1.807) is 4.90 Å². The quantitative estimate of drug-likeness (QED) is 0.773. The maximum atomic E-state index is 14.6. The van der Waals surface area contributed by atoms with Gasteiger partial charge >= 0.3 is 0 Å². The summed E-state index contributed by atoms with van der Waals surface area (Å²) in [7, 11) is 0. The first-order valence-electron chi connectivity index (χ1n) is 10.4. The molecule has 0 saturated carbocycles. The molecule has 6 heteroatoms. The van der Waals surface area contributed by atoms with Crippen LogP contribution in [0, 0.1) is 11.6 Å². The highest BCUT2D eigenvalue weighted by molar-refractivity contribution is 5.83. The first kappa shape index (κ1) is 19.2. The monoisotopic (exact) mass is 410 g/mol. The Morgan fingerprint density at radius 2 is 1.90 bits per heavy atom. The van der Waals surface area contributed by atoms with Crippen molar-refractivity contribution in [1.29, 1.82) is 0 Å². The van der Waals surface area contributed by atoms with E-state index in [2.05, 4.69) is 5.32 Å². The van der Waals surface area contributed by atoms with E-state index in [-0.39, 0.29) is 18.0 Å². The van der Waals surface area contributed by atoms with Crippen LogP contribution in [0.25, 0.3) is 5.57 Å². The van der Waals surface area contributed by atoms with Gasteiger partial charge in [-0.05, 0) is 61.8 Å². The van der Waals surface area contributed by atoms with E-state index in [0.717, 1.165) is 49.4 Å². The predicted molar refractivity (Wildman–Crippen MR) is 110 cm³/mol. The van der Waals surface area contributed by atoms with E-state index in [0.29, 0.717) is 12.0 Å². The number of para-hydroxylation sites is 1. The van der Waals surface area contributed by atoms with Crippen molar-refractivity contribution in [2.75, 3.05) is 19.6 Å². The van der Waals surface area contributed by atoms with E-state index in [4.69, 9.17) is 4.74 Å². The summed E-state index contributed by atoms with van der Waals surface area (Å²) in [5, 5.41) is 3.37. The molecule has 4 nitrogen and oxygen atoms in total. The van der Waals surface area contributed by atoms with Gasteiger partial charge in [0.1, 0.15) is 23.0 Å². The topological polar surface area (TPSA) is 41.6 Å². The van der Waals surface area contributed by atoms with Crippen LogP contribution in [0.4, 0.5) is 8.78 Å². The molecule has 0 radical (unpaired) electrons. The van der Waals surface area contributed by atoms with Crippen LogP contribution in [0.3, 0.4) is 0 Å². The van der Waals surface area contributed by atoms with Gasteiger partial charge in [-0.2, -0.15) is 0 Å². The van der Waals surface area contributed by atoms with E-state index >= 15 is 0 Å². The van der Waals surface area contributed by atoms with Gasteiger partial charge in [-0.15, -0.1) is 0 Å². The third-order valence-electron chi connectivity index (χ3n) is 6.66. The summed E-state index contributed by atoms with van der Waals surface area (Å²) in [5.41, 5.74) is 0.590. The molecule has 1 fully saturated rings. The van der Waals surface area contributed by atoms with Crippen molar-refractivity contribution < 1.29 is 18.3 Å². The van der Waals surface area contributed by atoms with Crippen molar-refractivity contribution in [3.05, 3.63) is 71.3 Å². The second-order valence-corrected chi connectivity index (χ2v) is 8.53. The number of piperidine rings is 1. The molecule has 0 aromatic heterocycles. The molecule has 1 atom stereocenters. The van der Waals surface area contributed by atoms with Crippen molar-refractivity contribution >= 4 is 11.5 Å². The predicted octanol–water partition coefficient (Wildman–Crippen LogP) is 4.01. The number of rotatable bonds is 1. The Morgan fingerprint density at radius 3 is 2.67 bits per heavy atom. The molecular weight excluding hydrogens is 386 g/mol. The van der Waals surface area contributed by atoms with Crippen LogP contribution >= 0.6 is 0 Å². The first-order valence-corrected chi connectivity index (χ1v) is 10.4. The van der Waals surface area contributed by atoms with Crippen molar-refractivity contribution in [2.24, 2.45) is 0 Å². The molecule has 2 spiro atoms. The van der Waals surface area contributed by atoms with Crippen molar-refractivity contribution in [3.63, 3.8) is 0 Å². The zero-order valence-corrected chi connectivity index (χ0v) is 16.9. The molecule has 3 aliphatic rings. The van der Waals surface area contributed by atoms with Crippen molar-refractivity contribution in [2.45, 2.75) is 37.3 Å². The second kappa shape index (κ2) is 6.91. The van der Waals surface area contributed by atoms with Gasteiger partial charge in [0, 0.05) is 31.0 Å². The normalized spacial score (nSPS) is 24.5. The average Bonchev–Trinajstić information content (AvgIpc) is 3.10. The fourth-order valence-electron chi connectivity index (χ4n) is 5.32. The molecule has 1 unspecified atom stereocenters. The number of nitrogens with zero attached hydrogens (tertiary/aromatic N) is 1. The van der Waals surface area contributed by atoms with Gasteiger partial charge in [0.2, 0.25) is 5.91 Å². The van der Waals surface area contributed by atoms with Crippen molar-refractivity contribution in [1.82, 2.24) is 10.2 Å². The fraction of sp³-hybridized carbons (Fsp3) is 0.375. The number of nitrogens with one attached hydrogen (secondary N) is 1. The molecule has 30 heavy (non-hydrogen) atoms. The maximum absolute atomic E-state index is 14.6.